The second kappa shape index (κ2) is 11.5. The first kappa shape index (κ1) is 29.5. The van der Waals surface area contributed by atoms with Gasteiger partial charge in [0.1, 0.15) is 18.2 Å². The van der Waals surface area contributed by atoms with Gasteiger partial charge in [-0.05, 0) is 57.5 Å². The lowest BCUT2D eigenvalue weighted by Gasteiger charge is -2.47. The van der Waals surface area contributed by atoms with Gasteiger partial charge in [0.05, 0.1) is 36.3 Å². The second-order valence-corrected chi connectivity index (χ2v) is 11.8. The standard InChI is InChI=1S/C31H35FN8O4/c1-18-7-8-24-23(15-34-37-24)25(18)26-19(2)14-22-27(35-30(36-28(22)44-26)43-16-21-6-5-11-38(21)4)39-12-13-40(29(41)20(3)32)31(42,17-39)9-10-33/h7-8,15,21,42H,3,5-6,9,11-14,16-17H2,1-2,4H3,(H,34,37)/t21?,31-/m0/s1. The maximum atomic E-state index is 13.9. The van der Waals surface area contributed by atoms with Crippen LogP contribution in [-0.2, 0) is 11.2 Å². The molecule has 2 atom stereocenters. The van der Waals surface area contributed by atoms with Crippen LogP contribution in [0.3, 0.4) is 0 Å². The molecule has 0 spiro atoms. The molecule has 1 aromatic carbocycles. The van der Waals surface area contributed by atoms with Crippen molar-refractivity contribution in [3.8, 4) is 18.0 Å². The van der Waals surface area contributed by atoms with E-state index in [0.717, 1.165) is 51.9 Å². The molecule has 3 aliphatic heterocycles. The number of anilines is 1. The third kappa shape index (κ3) is 5.24. The number of halogens is 1. The van der Waals surface area contributed by atoms with Crippen LogP contribution < -0.4 is 14.4 Å². The minimum Gasteiger partial charge on any atom is -0.462 e. The summed E-state index contributed by atoms with van der Waals surface area (Å²) in [5, 5.41) is 29.2. The summed E-state index contributed by atoms with van der Waals surface area (Å²) >= 11 is 0. The van der Waals surface area contributed by atoms with Crippen LogP contribution in [0.15, 0.2) is 36.3 Å². The molecule has 2 fully saturated rings. The molecule has 1 amide bonds. The van der Waals surface area contributed by atoms with Crippen molar-refractivity contribution in [2.45, 2.75) is 51.3 Å². The summed E-state index contributed by atoms with van der Waals surface area (Å²) in [6.45, 7) is 8.45. The van der Waals surface area contributed by atoms with Gasteiger partial charge in [-0.1, -0.05) is 12.6 Å². The van der Waals surface area contributed by atoms with Crippen molar-refractivity contribution in [2.75, 3.05) is 44.7 Å². The molecule has 0 radical (unpaired) electrons. The number of β-amino-alcohol motifs (C(OH)–C–C–N with tert-alkyl or cyclic N) is 1. The number of carbonyl (C=O) groups excluding carboxylic acids is 1. The molecule has 3 aliphatic rings. The first-order chi connectivity index (χ1) is 21.1. The Morgan fingerprint density at radius 2 is 2.14 bits per heavy atom. The number of aromatic amines is 1. The molecule has 0 saturated carbocycles. The lowest BCUT2D eigenvalue weighted by molar-refractivity contribution is -0.158. The van der Waals surface area contributed by atoms with Gasteiger partial charge in [-0.3, -0.25) is 9.89 Å². The molecular formula is C31H35FN8O4. The summed E-state index contributed by atoms with van der Waals surface area (Å²) < 4.78 is 26.6. The largest absolute Gasteiger partial charge is 0.462 e. The normalized spacial score (nSPS) is 22.1. The van der Waals surface area contributed by atoms with E-state index >= 15 is 0 Å². The number of aryl methyl sites for hydroxylation is 1. The molecule has 12 nitrogen and oxygen atoms in total. The maximum absolute atomic E-state index is 13.9. The quantitative estimate of drug-likeness (QED) is 0.387. The van der Waals surface area contributed by atoms with E-state index in [-0.39, 0.29) is 31.7 Å². The Morgan fingerprint density at radius 1 is 1.32 bits per heavy atom. The van der Waals surface area contributed by atoms with Crippen molar-refractivity contribution in [2.24, 2.45) is 0 Å². The number of nitriles is 1. The van der Waals surface area contributed by atoms with Crippen LogP contribution in [0.4, 0.5) is 10.2 Å². The highest BCUT2D eigenvalue weighted by atomic mass is 19.1. The summed E-state index contributed by atoms with van der Waals surface area (Å²) in [7, 11) is 2.06. The van der Waals surface area contributed by atoms with E-state index in [1.807, 2.05) is 32.0 Å². The molecule has 6 rings (SSSR count). The van der Waals surface area contributed by atoms with Crippen LogP contribution in [0.1, 0.15) is 42.9 Å². The van der Waals surface area contributed by atoms with Crippen LogP contribution >= 0.6 is 0 Å². The van der Waals surface area contributed by atoms with Crippen LogP contribution in [0.25, 0.3) is 16.7 Å². The number of piperazine rings is 1. The predicted molar refractivity (Wildman–Crippen MR) is 160 cm³/mol. The fraction of sp³-hybridized carbons (Fsp3) is 0.452. The zero-order valence-corrected chi connectivity index (χ0v) is 25.1. The third-order valence-electron chi connectivity index (χ3n) is 8.77. The van der Waals surface area contributed by atoms with Crippen molar-refractivity contribution < 1.29 is 23.8 Å². The number of likely N-dealkylation sites (N-methyl/N-ethyl adjacent to an activating group) is 1. The van der Waals surface area contributed by atoms with E-state index in [0.29, 0.717) is 36.0 Å². The van der Waals surface area contributed by atoms with E-state index in [9.17, 15) is 19.6 Å². The predicted octanol–water partition coefficient (Wildman–Crippen LogP) is 3.23. The Morgan fingerprint density at radius 3 is 2.86 bits per heavy atom. The van der Waals surface area contributed by atoms with Gasteiger partial charge in [0.25, 0.3) is 5.91 Å². The number of nitrogens with zero attached hydrogens (tertiary/aromatic N) is 7. The molecule has 2 aromatic heterocycles. The Bertz CT molecular complexity index is 1710. The average Bonchev–Trinajstić information content (AvgIpc) is 3.64. The lowest BCUT2D eigenvalue weighted by Crippen LogP contribution is -2.64. The summed E-state index contributed by atoms with van der Waals surface area (Å²) in [5.74, 6) is -0.793. The zero-order valence-electron chi connectivity index (χ0n) is 25.1. The number of amides is 1. The lowest BCUT2D eigenvalue weighted by atomic mass is 9.95. The molecule has 13 heteroatoms. The molecule has 5 heterocycles. The smallest absolute Gasteiger partial charge is 0.321 e. The maximum Gasteiger partial charge on any atom is 0.321 e. The van der Waals surface area contributed by atoms with E-state index < -0.39 is 23.9 Å². The summed E-state index contributed by atoms with van der Waals surface area (Å²) in [6, 6.07) is 6.26. The molecule has 2 N–H and O–H groups in total. The summed E-state index contributed by atoms with van der Waals surface area (Å²) in [5.41, 5.74) is 2.47. The molecule has 230 valence electrons. The number of hydrogen-bond donors (Lipinski definition) is 2. The molecule has 0 bridgehead atoms. The van der Waals surface area contributed by atoms with E-state index in [1.165, 1.54) is 0 Å². The molecule has 44 heavy (non-hydrogen) atoms. The van der Waals surface area contributed by atoms with Gasteiger partial charge < -0.3 is 29.3 Å². The Kier molecular flexibility index (Phi) is 7.73. The number of hydrogen-bond acceptors (Lipinski definition) is 10. The van der Waals surface area contributed by atoms with Crippen molar-refractivity contribution >= 4 is 28.4 Å². The van der Waals surface area contributed by atoms with Crippen LogP contribution in [0, 0.1) is 18.3 Å². The minimum atomic E-state index is -1.97. The summed E-state index contributed by atoms with van der Waals surface area (Å²) in [6.07, 6.45) is 3.87. The number of benzene rings is 1. The monoisotopic (exact) mass is 602 g/mol. The minimum absolute atomic E-state index is 0.0512. The van der Waals surface area contributed by atoms with Gasteiger partial charge >= 0.3 is 6.01 Å². The van der Waals surface area contributed by atoms with Crippen molar-refractivity contribution in [3.63, 3.8) is 0 Å². The number of aliphatic hydroxyl groups is 1. The number of fused-ring (bicyclic) bond motifs is 2. The Balaban J connectivity index is 1.40. The Hall–Kier alpha value is -4.54. The zero-order chi connectivity index (χ0) is 31.2. The highest BCUT2D eigenvalue weighted by molar-refractivity contribution is 5.93. The van der Waals surface area contributed by atoms with Crippen molar-refractivity contribution in [3.05, 3.63) is 53.0 Å². The number of likely N-dealkylation sites (tertiary alicyclic amines) is 1. The number of H-pyrrole nitrogens is 1. The van der Waals surface area contributed by atoms with Gasteiger partial charge in [-0.2, -0.15) is 20.3 Å². The molecule has 3 aromatic rings. The molecule has 1 unspecified atom stereocenters. The fourth-order valence-electron chi connectivity index (χ4n) is 6.38. The number of rotatable bonds is 7. The summed E-state index contributed by atoms with van der Waals surface area (Å²) in [4.78, 5) is 27.0. The topological polar surface area (TPSA) is 144 Å². The van der Waals surface area contributed by atoms with E-state index in [4.69, 9.17) is 19.4 Å². The van der Waals surface area contributed by atoms with Crippen LogP contribution in [0.5, 0.6) is 11.9 Å². The van der Waals surface area contributed by atoms with Crippen molar-refractivity contribution in [1.29, 1.82) is 5.26 Å². The Labute approximate surface area is 254 Å². The number of aromatic nitrogens is 4. The number of allylic oxidation sites excluding steroid dienone is 1. The van der Waals surface area contributed by atoms with E-state index in [2.05, 4.69) is 28.7 Å². The number of nitrogens with one attached hydrogen (secondary N) is 1. The van der Waals surface area contributed by atoms with E-state index in [1.54, 1.807) is 11.1 Å². The first-order valence-corrected chi connectivity index (χ1v) is 14.6. The van der Waals surface area contributed by atoms with Gasteiger partial charge in [-0.15, -0.1) is 0 Å². The van der Waals surface area contributed by atoms with Gasteiger partial charge in [0.2, 0.25) is 5.88 Å². The third-order valence-corrected chi connectivity index (χ3v) is 8.77. The van der Waals surface area contributed by atoms with Gasteiger partial charge in [0.15, 0.2) is 11.6 Å². The van der Waals surface area contributed by atoms with Crippen LogP contribution in [0.2, 0.25) is 0 Å². The molecule has 2 saturated heterocycles. The molecule has 0 aliphatic carbocycles. The van der Waals surface area contributed by atoms with Gasteiger partial charge in [0, 0.05) is 36.5 Å². The van der Waals surface area contributed by atoms with Crippen LogP contribution in [-0.4, -0.2) is 92.6 Å². The highest BCUT2D eigenvalue weighted by Crippen LogP contribution is 2.42. The fourth-order valence-corrected chi connectivity index (χ4v) is 6.38. The molecular weight excluding hydrogens is 567 g/mol. The first-order valence-electron chi connectivity index (χ1n) is 14.6. The second-order valence-electron chi connectivity index (χ2n) is 11.8. The van der Waals surface area contributed by atoms with Gasteiger partial charge in [-0.25, -0.2) is 4.39 Å². The SMILES string of the molecule is C=C(F)C(=O)N1CCN(c2nc(OCC3CCCN3C)nc3c2CC(C)=C(c2c(C)ccc4[nH]ncc24)O3)C[C@@]1(O)CC#N. The number of ether oxygens (including phenoxy) is 2. The van der Waals surface area contributed by atoms with Crippen molar-refractivity contribution in [1.82, 2.24) is 30.0 Å². The highest BCUT2D eigenvalue weighted by Gasteiger charge is 2.45. The average molecular weight is 603 g/mol. The number of carbonyl (C=O) groups is 1.